The average molecular weight is 387 g/mol. The van der Waals surface area contributed by atoms with Gasteiger partial charge in [-0.1, -0.05) is 41.6 Å². The Labute approximate surface area is 161 Å². The number of nitrogens with zero attached hydrogens (tertiary/aromatic N) is 4. The van der Waals surface area contributed by atoms with Crippen molar-refractivity contribution in [3.63, 3.8) is 0 Å². The molecule has 26 heavy (non-hydrogen) atoms. The lowest BCUT2D eigenvalue weighted by atomic mass is 10.1. The Bertz CT molecular complexity index is 917. The summed E-state index contributed by atoms with van der Waals surface area (Å²) >= 11 is 3.04. The fourth-order valence-corrected chi connectivity index (χ4v) is 4.53. The number of benzene rings is 1. The third-order valence-corrected chi connectivity index (χ3v) is 6.08. The summed E-state index contributed by atoms with van der Waals surface area (Å²) in [5.74, 6) is 0.468. The van der Waals surface area contributed by atoms with Gasteiger partial charge in [0.25, 0.3) is 0 Å². The third kappa shape index (κ3) is 3.88. The maximum absolute atomic E-state index is 12.3. The van der Waals surface area contributed by atoms with Crippen molar-refractivity contribution in [1.82, 2.24) is 20.1 Å². The van der Waals surface area contributed by atoms with E-state index in [0.717, 1.165) is 44.6 Å². The number of thioether (sulfide) groups is 1. The van der Waals surface area contributed by atoms with Gasteiger partial charge in [-0.25, -0.2) is 4.98 Å². The predicted octanol–water partition coefficient (Wildman–Crippen LogP) is 4.33. The molecule has 1 amide bonds. The van der Waals surface area contributed by atoms with Crippen molar-refractivity contribution in [3.8, 4) is 11.3 Å². The molecule has 0 aliphatic heterocycles. The predicted molar refractivity (Wildman–Crippen MR) is 109 cm³/mol. The number of aryl methyl sites for hydroxylation is 2. The molecule has 0 aliphatic rings. The number of hydrogen-bond acceptors (Lipinski definition) is 6. The SMILES string of the molecule is CCN(CC)C(=O)CSc1nnc(-c2ccc(C)cc2)c2sc(C)nc12. The fourth-order valence-electron chi connectivity index (χ4n) is 2.72. The van der Waals surface area contributed by atoms with Crippen LogP contribution in [0.15, 0.2) is 29.3 Å². The molecule has 0 saturated carbocycles. The fraction of sp³-hybridized carbons (Fsp3) is 0.368. The number of fused-ring (bicyclic) bond motifs is 1. The number of carbonyl (C=O) groups is 1. The summed E-state index contributed by atoms with van der Waals surface area (Å²) in [6.07, 6.45) is 0. The van der Waals surface area contributed by atoms with E-state index in [2.05, 4.69) is 46.4 Å². The highest BCUT2D eigenvalue weighted by molar-refractivity contribution is 8.00. The molecule has 0 atom stereocenters. The van der Waals surface area contributed by atoms with E-state index < -0.39 is 0 Å². The average Bonchev–Trinajstić information content (AvgIpc) is 3.03. The normalized spacial score (nSPS) is 11.1. The number of rotatable bonds is 6. The summed E-state index contributed by atoms with van der Waals surface area (Å²) in [5, 5.41) is 10.5. The van der Waals surface area contributed by atoms with E-state index in [1.807, 2.05) is 25.7 Å². The molecule has 2 heterocycles. The Balaban J connectivity index is 1.93. The zero-order valence-electron chi connectivity index (χ0n) is 15.4. The molecule has 0 radical (unpaired) electrons. The van der Waals surface area contributed by atoms with E-state index in [1.54, 1.807) is 11.3 Å². The van der Waals surface area contributed by atoms with Crippen molar-refractivity contribution in [1.29, 1.82) is 0 Å². The van der Waals surface area contributed by atoms with Gasteiger partial charge >= 0.3 is 0 Å². The molecule has 5 nitrogen and oxygen atoms in total. The Morgan fingerprint density at radius 2 is 1.81 bits per heavy atom. The van der Waals surface area contributed by atoms with E-state index in [4.69, 9.17) is 0 Å². The van der Waals surface area contributed by atoms with Gasteiger partial charge in [-0.15, -0.1) is 21.5 Å². The first-order valence-corrected chi connectivity index (χ1v) is 10.4. The van der Waals surface area contributed by atoms with E-state index >= 15 is 0 Å². The van der Waals surface area contributed by atoms with Crippen LogP contribution in [0.3, 0.4) is 0 Å². The Morgan fingerprint density at radius 3 is 2.46 bits per heavy atom. The lowest BCUT2D eigenvalue weighted by Crippen LogP contribution is -2.31. The second-order valence-electron chi connectivity index (χ2n) is 5.99. The van der Waals surface area contributed by atoms with E-state index in [-0.39, 0.29) is 5.91 Å². The van der Waals surface area contributed by atoms with Gasteiger partial charge in [0.15, 0.2) is 0 Å². The van der Waals surface area contributed by atoms with Crippen molar-refractivity contribution in [2.45, 2.75) is 32.7 Å². The largest absolute Gasteiger partial charge is 0.343 e. The summed E-state index contributed by atoms with van der Waals surface area (Å²) in [6, 6.07) is 8.26. The van der Waals surface area contributed by atoms with Gasteiger partial charge < -0.3 is 4.90 Å². The van der Waals surface area contributed by atoms with Gasteiger partial charge in [-0.05, 0) is 27.7 Å². The molecule has 0 saturated heterocycles. The maximum Gasteiger partial charge on any atom is 0.232 e. The molecule has 0 unspecified atom stereocenters. The second kappa shape index (κ2) is 8.14. The first kappa shape index (κ1) is 18.8. The zero-order valence-corrected chi connectivity index (χ0v) is 17.1. The Hall–Kier alpha value is -1.99. The maximum atomic E-state index is 12.3. The van der Waals surface area contributed by atoms with Crippen LogP contribution in [0.25, 0.3) is 21.5 Å². The second-order valence-corrected chi connectivity index (χ2v) is 8.15. The van der Waals surface area contributed by atoms with Crippen molar-refractivity contribution < 1.29 is 4.79 Å². The Kier molecular flexibility index (Phi) is 5.88. The number of aromatic nitrogens is 3. The molecular formula is C19H22N4OS2. The summed E-state index contributed by atoms with van der Waals surface area (Å²) < 4.78 is 1.03. The summed E-state index contributed by atoms with van der Waals surface area (Å²) in [4.78, 5) is 18.8. The van der Waals surface area contributed by atoms with Gasteiger partial charge in [0.2, 0.25) is 5.91 Å². The van der Waals surface area contributed by atoms with Gasteiger partial charge in [0, 0.05) is 18.7 Å². The van der Waals surface area contributed by atoms with E-state index in [9.17, 15) is 4.79 Å². The number of thiazole rings is 1. The highest BCUT2D eigenvalue weighted by Crippen LogP contribution is 2.35. The highest BCUT2D eigenvalue weighted by atomic mass is 32.2. The molecule has 0 aliphatic carbocycles. The molecule has 0 N–H and O–H groups in total. The van der Waals surface area contributed by atoms with Crippen LogP contribution in [-0.4, -0.2) is 44.8 Å². The van der Waals surface area contributed by atoms with Crippen LogP contribution in [0.4, 0.5) is 0 Å². The minimum atomic E-state index is 0.115. The molecule has 0 fully saturated rings. The van der Waals surface area contributed by atoms with Crippen molar-refractivity contribution in [3.05, 3.63) is 34.8 Å². The molecule has 3 rings (SSSR count). The van der Waals surface area contributed by atoms with Crippen LogP contribution in [-0.2, 0) is 4.79 Å². The summed E-state index contributed by atoms with van der Waals surface area (Å²) in [5.41, 5.74) is 3.94. The minimum Gasteiger partial charge on any atom is -0.343 e. The molecular weight excluding hydrogens is 364 g/mol. The molecule has 7 heteroatoms. The quantitative estimate of drug-likeness (QED) is 0.590. The number of hydrogen-bond donors (Lipinski definition) is 0. The number of carbonyl (C=O) groups excluding carboxylic acids is 1. The van der Waals surface area contributed by atoms with Crippen molar-refractivity contribution >= 4 is 39.2 Å². The first-order chi connectivity index (χ1) is 12.5. The first-order valence-electron chi connectivity index (χ1n) is 8.64. The smallest absolute Gasteiger partial charge is 0.232 e. The highest BCUT2D eigenvalue weighted by Gasteiger charge is 2.18. The van der Waals surface area contributed by atoms with Crippen LogP contribution >= 0.6 is 23.1 Å². The third-order valence-electron chi connectivity index (χ3n) is 4.17. The van der Waals surface area contributed by atoms with Crippen molar-refractivity contribution in [2.75, 3.05) is 18.8 Å². The Morgan fingerprint density at radius 1 is 1.12 bits per heavy atom. The lowest BCUT2D eigenvalue weighted by Gasteiger charge is -2.17. The molecule has 0 bridgehead atoms. The van der Waals surface area contributed by atoms with E-state index in [0.29, 0.717) is 5.75 Å². The van der Waals surface area contributed by atoms with Crippen LogP contribution in [0, 0.1) is 13.8 Å². The zero-order chi connectivity index (χ0) is 18.7. The van der Waals surface area contributed by atoms with Crippen LogP contribution < -0.4 is 0 Å². The van der Waals surface area contributed by atoms with Gasteiger partial charge in [-0.3, -0.25) is 4.79 Å². The minimum absolute atomic E-state index is 0.115. The molecule has 3 aromatic rings. The van der Waals surface area contributed by atoms with Crippen molar-refractivity contribution in [2.24, 2.45) is 0 Å². The molecule has 1 aromatic carbocycles. The summed E-state index contributed by atoms with van der Waals surface area (Å²) in [6.45, 7) is 9.47. The number of amides is 1. The van der Waals surface area contributed by atoms with Gasteiger partial charge in [0.1, 0.15) is 16.2 Å². The van der Waals surface area contributed by atoms with E-state index in [1.165, 1.54) is 17.3 Å². The van der Waals surface area contributed by atoms with Gasteiger partial charge in [-0.2, -0.15) is 0 Å². The molecule has 136 valence electrons. The summed E-state index contributed by atoms with van der Waals surface area (Å²) in [7, 11) is 0. The van der Waals surface area contributed by atoms with Crippen LogP contribution in [0.1, 0.15) is 24.4 Å². The van der Waals surface area contributed by atoms with Crippen LogP contribution in [0.2, 0.25) is 0 Å². The van der Waals surface area contributed by atoms with Gasteiger partial charge in [0.05, 0.1) is 15.5 Å². The van der Waals surface area contributed by atoms with Crippen LogP contribution in [0.5, 0.6) is 0 Å². The standard InChI is InChI=1S/C19H22N4OS2/c1-5-23(6-2)15(24)11-25-19-17-18(26-13(4)20-17)16(21-22-19)14-9-7-12(3)8-10-14/h7-10H,5-6,11H2,1-4H3. The monoisotopic (exact) mass is 386 g/mol. The topological polar surface area (TPSA) is 59.0 Å². The molecule has 0 spiro atoms. The molecule has 2 aromatic heterocycles. The lowest BCUT2D eigenvalue weighted by molar-refractivity contribution is -0.127.